The lowest BCUT2D eigenvalue weighted by atomic mass is 10.1. The molecule has 3 N–H and O–H groups in total. The molecule has 0 saturated carbocycles. The van der Waals surface area contributed by atoms with Gasteiger partial charge in [-0.1, -0.05) is 27.2 Å². The number of nitrogens with one attached hydrogen (secondary N) is 1. The van der Waals surface area contributed by atoms with Gasteiger partial charge in [0.05, 0.1) is 0 Å². The van der Waals surface area contributed by atoms with Gasteiger partial charge in [0, 0.05) is 18.5 Å². The first-order chi connectivity index (χ1) is 7.69. The Bertz CT molecular complexity index is 325. The summed E-state index contributed by atoms with van der Waals surface area (Å²) in [7, 11) is 0. The van der Waals surface area contributed by atoms with Crippen molar-refractivity contribution in [1.82, 2.24) is 9.97 Å². The van der Waals surface area contributed by atoms with Crippen LogP contribution in [0.15, 0.2) is 6.07 Å². The monoisotopic (exact) mass is 222 g/mol. The molecular weight excluding hydrogens is 200 g/mol. The average Bonchev–Trinajstić information content (AvgIpc) is 2.27. The van der Waals surface area contributed by atoms with Crippen LogP contribution in [0.5, 0.6) is 0 Å². The van der Waals surface area contributed by atoms with Crippen LogP contribution in [-0.2, 0) is 6.42 Å². The van der Waals surface area contributed by atoms with E-state index in [0.717, 1.165) is 30.9 Å². The van der Waals surface area contributed by atoms with E-state index >= 15 is 0 Å². The maximum absolute atomic E-state index is 5.74. The highest BCUT2D eigenvalue weighted by molar-refractivity contribution is 5.45. The molecule has 0 bridgehead atoms. The maximum atomic E-state index is 5.74. The van der Waals surface area contributed by atoms with Crippen LogP contribution in [0.1, 0.15) is 45.9 Å². The zero-order valence-corrected chi connectivity index (χ0v) is 10.5. The molecule has 0 aliphatic heterocycles. The van der Waals surface area contributed by atoms with E-state index in [4.69, 9.17) is 5.73 Å². The predicted molar refractivity (Wildman–Crippen MR) is 68.4 cm³/mol. The summed E-state index contributed by atoms with van der Waals surface area (Å²) in [6, 6.07) is 2.28. The first-order valence-electron chi connectivity index (χ1n) is 6.09. The van der Waals surface area contributed by atoms with Crippen LogP contribution in [0.25, 0.3) is 0 Å². The fraction of sp³-hybridized carbons (Fsp3) is 0.667. The molecule has 4 nitrogen and oxygen atoms in total. The van der Waals surface area contributed by atoms with E-state index in [0.29, 0.717) is 11.9 Å². The number of rotatable bonds is 6. The van der Waals surface area contributed by atoms with E-state index in [1.54, 1.807) is 6.07 Å². The summed E-state index contributed by atoms with van der Waals surface area (Å²) in [4.78, 5) is 8.58. The third kappa shape index (κ3) is 3.68. The summed E-state index contributed by atoms with van der Waals surface area (Å²) in [5, 5.41) is 3.41. The number of hydrogen-bond donors (Lipinski definition) is 2. The minimum absolute atomic E-state index is 0.476. The van der Waals surface area contributed by atoms with E-state index in [1.807, 2.05) is 6.92 Å². The zero-order chi connectivity index (χ0) is 12.0. The van der Waals surface area contributed by atoms with E-state index in [-0.39, 0.29) is 0 Å². The standard InChI is InChI=1S/C12H22N4/c1-4-7-9(5-2)14-12-8-10(13)15-11(6-3)16-12/h8-9H,4-7H2,1-3H3,(H3,13,14,15,16). The van der Waals surface area contributed by atoms with E-state index in [2.05, 4.69) is 29.1 Å². The number of anilines is 2. The minimum atomic E-state index is 0.476. The molecule has 0 saturated heterocycles. The third-order valence-corrected chi connectivity index (χ3v) is 2.59. The van der Waals surface area contributed by atoms with Crippen LogP contribution in [-0.4, -0.2) is 16.0 Å². The van der Waals surface area contributed by atoms with Gasteiger partial charge < -0.3 is 11.1 Å². The smallest absolute Gasteiger partial charge is 0.132 e. The second-order valence-electron chi connectivity index (χ2n) is 3.99. The molecule has 0 aromatic carbocycles. The Labute approximate surface area is 97.7 Å². The van der Waals surface area contributed by atoms with Gasteiger partial charge in [-0.3, -0.25) is 0 Å². The lowest BCUT2D eigenvalue weighted by molar-refractivity contribution is 0.619. The molecule has 1 atom stereocenters. The van der Waals surface area contributed by atoms with Gasteiger partial charge in [0.1, 0.15) is 17.5 Å². The third-order valence-electron chi connectivity index (χ3n) is 2.59. The number of hydrogen-bond acceptors (Lipinski definition) is 4. The predicted octanol–water partition coefficient (Wildman–Crippen LogP) is 2.61. The van der Waals surface area contributed by atoms with Gasteiger partial charge in [-0.25, -0.2) is 9.97 Å². The van der Waals surface area contributed by atoms with Crippen LogP contribution >= 0.6 is 0 Å². The lowest BCUT2D eigenvalue weighted by Crippen LogP contribution is -2.19. The molecule has 16 heavy (non-hydrogen) atoms. The van der Waals surface area contributed by atoms with Crippen molar-refractivity contribution in [3.8, 4) is 0 Å². The molecule has 1 rings (SSSR count). The van der Waals surface area contributed by atoms with Crippen molar-refractivity contribution in [1.29, 1.82) is 0 Å². The second-order valence-corrected chi connectivity index (χ2v) is 3.99. The van der Waals surface area contributed by atoms with Gasteiger partial charge >= 0.3 is 0 Å². The first-order valence-corrected chi connectivity index (χ1v) is 6.09. The Morgan fingerprint density at radius 2 is 2.06 bits per heavy atom. The van der Waals surface area contributed by atoms with Crippen molar-refractivity contribution >= 4 is 11.6 Å². The van der Waals surface area contributed by atoms with Crippen molar-refractivity contribution in [3.05, 3.63) is 11.9 Å². The fourth-order valence-corrected chi connectivity index (χ4v) is 1.69. The van der Waals surface area contributed by atoms with Crippen LogP contribution in [0.3, 0.4) is 0 Å². The van der Waals surface area contributed by atoms with Crippen LogP contribution in [0.4, 0.5) is 11.6 Å². The van der Waals surface area contributed by atoms with Crippen LogP contribution < -0.4 is 11.1 Å². The normalized spacial score (nSPS) is 12.4. The topological polar surface area (TPSA) is 63.8 Å². The highest BCUT2D eigenvalue weighted by Gasteiger charge is 2.07. The number of aryl methyl sites for hydroxylation is 1. The Morgan fingerprint density at radius 1 is 1.31 bits per heavy atom. The first kappa shape index (κ1) is 12.7. The number of nitrogens with zero attached hydrogens (tertiary/aromatic N) is 2. The summed E-state index contributed by atoms with van der Waals surface area (Å²) in [5.74, 6) is 2.19. The van der Waals surface area contributed by atoms with Crippen molar-refractivity contribution in [3.63, 3.8) is 0 Å². The molecule has 1 heterocycles. The summed E-state index contributed by atoms with van der Waals surface area (Å²) < 4.78 is 0. The molecule has 0 radical (unpaired) electrons. The largest absolute Gasteiger partial charge is 0.384 e. The lowest BCUT2D eigenvalue weighted by Gasteiger charge is -2.17. The summed E-state index contributed by atoms with van der Waals surface area (Å²) in [6.07, 6.45) is 4.23. The van der Waals surface area contributed by atoms with Gasteiger partial charge in [0.2, 0.25) is 0 Å². The quantitative estimate of drug-likeness (QED) is 0.776. The van der Waals surface area contributed by atoms with Gasteiger partial charge in [0.15, 0.2) is 0 Å². The molecule has 1 aromatic rings. The van der Waals surface area contributed by atoms with Crippen molar-refractivity contribution in [2.45, 2.75) is 52.5 Å². The van der Waals surface area contributed by atoms with E-state index in [9.17, 15) is 0 Å². The Balaban J connectivity index is 2.74. The minimum Gasteiger partial charge on any atom is -0.384 e. The van der Waals surface area contributed by atoms with Crippen LogP contribution in [0.2, 0.25) is 0 Å². The molecule has 0 aliphatic carbocycles. The fourth-order valence-electron chi connectivity index (χ4n) is 1.69. The van der Waals surface area contributed by atoms with Crippen molar-refractivity contribution in [2.75, 3.05) is 11.1 Å². The summed E-state index contributed by atoms with van der Waals surface area (Å²) in [5.41, 5.74) is 5.74. The highest BCUT2D eigenvalue weighted by atomic mass is 15.1. The van der Waals surface area contributed by atoms with Crippen molar-refractivity contribution < 1.29 is 0 Å². The molecule has 0 aliphatic rings. The Kier molecular flexibility index (Phi) is 5.02. The molecule has 1 aromatic heterocycles. The summed E-state index contributed by atoms with van der Waals surface area (Å²) in [6.45, 7) is 6.40. The van der Waals surface area contributed by atoms with Crippen molar-refractivity contribution in [2.24, 2.45) is 0 Å². The maximum Gasteiger partial charge on any atom is 0.132 e. The number of nitrogens with two attached hydrogens (primary N) is 1. The number of aromatic nitrogens is 2. The zero-order valence-electron chi connectivity index (χ0n) is 10.5. The average molecular weight is 222 g/mol. The Hall–Kier alpha value is -1.32. The molecule has 1 unspecified atom stereocenters. The second kappa shape index (κ2) is 6.30. The highest BCUT2D eigenvalue weighted by Crippen LogP contribution is 2.13. The summed E-state index contributed by atoms with van der Waals surface area (Å²) >= 11 is 0. The Morgan fingerprint density at radius 3 is 2.62 bits per heavy atom. The van der Waals surface area contributed by atoms with Gasteiger partial charge in [-0.05, 0) is 12.8 Å². The molecular formula is C12H22N4. The molecule has 4 heteroatoms. The van der Waals surface area contributed by atoms with Gasteiger partial charge in [-0.15, -0.1) is 0 Å². The molecule has 0 spiro atoms. The SMILES string of the molecule is CCCC(CC)Nc1cc(N)nc(CC)n1. The molecule has 0 fully saturated rings. The van der Waals surface area contributed by atoms with E-state index < -0.39 is 0 Å². The van der Waals surface area contributed by atoms with Gasteiger partial charge in [-0.2, -0.15) is 0 Å². The molecule has 90 valence electrons. The number of nitrogen functional groups attached to an aromatic ring is 1. The van der Waals surface area contributed by atoms with Crippen LogP contribution in [0, 0.1) is 0 Å². The molecule has 0 amide bonds. The van der Waals surface area contributed by atoms with E-state index in [1.165, 1.54) is 6.42 Å². The van der Waals surface area contributed by atoms with Gasteiger partial charge in [0.25, 0.3) is 0 Å².